The van der Waals surface area contributed by atoms with Crippen molar-refractivity contribution < 1.29 is 14.3 Å². The first kappa shape index (κ1) is 16.1. The van der Waals surface area contributed by atoms with E-state index in [-0.39, 0.29) is 12.3 Å². The average Bonchev–Trinajstić information content (AvgIpc) is 2.88. The molecule has 0 bridgehead atoms. The van der Waals surface area contributed by atoms with E-state index >= 15 is 0 Å². The van der Waals surface area contributed by atoms with Gasteiger partial charge in [-0.1, -0.05) is 29.8 Å². The summed E-state index contributed by atoms with van der Waals surface area (Å²) >= 11 is 6.43. The molecule has 0 saturated carbocycles. The summed E-state index contributed by atoms with van der Waals surface area (Å²) in [5.41, 5.74) is 7.38. The molecule has 1 heterocycles. The van der Waals surface area contributed by atoms with Crippen LogP contribution in [0.4, 0.5) is 0 Å². The minimum Gasteiger partial charge on any atom is -0.461 e. The number of nitrogens with two attached hydrogens (primary N) is 1. The van der Waals surface area contributed by atoms with E-state index in [4.69, 9.17) is 22.1 Å². The Balaban J connectivity index is 2.27. The minimum atomic E-state index is -0.512. The second-order valence-electron chi connectivity index (χ2n) is 5.15. The number of nitrogens with zero attached hydrogens (tertiary/aromatic N) is 1. The highest BCUT2D eigenvalue weighted by atomic mass is 35.5. The molecule has 122 valence electrons. The summed E-state index contributed by atoms with van der Waals surface area (Å²) in [4.78, 5) is 23.6. The zero-order valence-electron chi connectivity index (χ0n) is 13.0. The Bertz CT molecular complexity index is 929. The molecule has 0 atom stereocenters. The standard InChI is InChI=1S/C18H15ClN2O3/c1-2-24-18(23)16-15(19)13-5-3-4-6-14(13)21(16)12-9-7-11(8-10-12)17(20)22/h3-10H,2H2,1H3,(H2,20,22). The molecule has 0 radical (unpaired) electrons. The predicted octanol–water partition coefficient (Wildman–Crippen LogP) is 3.56. The van der Waals surface area contributed by atoms with Gasteiger partial charge < -0.3 is 15.0 Å². The van der Waals surface area contributed by atoms with Crippen molar-refractivity contribution >= 4 is 34.4 Å². The Labute approximate surface area is 143 Å². The number of benzene rings is 2. The van der Waals surface area contributed by atoms with Crippen molar-refractivity contribution in [2.45, 2.75) is 6.92 Å². The highest BCUT2D eigenvalue weighted by molar-refractivity contribution is 6.38. The summed E-state index contributed by atoms with van der Waals surface area (Å²) < 4.78 is 6.87. The highest BCUT2D eigenvalue weighted by Crippen LogP contribution is 2.33. The SMILES string of the molecule is CCOC(=O)c1c(Cl)c2ccccc2n1-c1ccc(C(N)=O)cc1. The van der Waals surface area contributed by atoms with Gasteiger partial charge in [-0.2, -0.15) is 0 Å². The normalized spacial score (nSPS) is 10.8. The van der Waals surface area contributed by atoms with Crippen LogP contribution in [-0.2, 0) is 4.74 Å². The number of primary amides is 1. The molecule has 0 saturated heterocycles. The van der Waals surface area contributed by atoms with Crippen molar-refractivity contribution in [1.82, 2.24) is 4.57 Å². The maximum Gasteiger partial charge on any atom is 0.356 e. The van der Waals surface area contributed by atoms with Gasteiger partial charge in [-0.15, -0.1) is 0 Å². The molecule has 5 nitrogen and oxygen atoms in total. The first-order valence-corrected chi connectivity index (χ1v) is 7.78. The third-order valence-electron chi connectivity index (χ3n) is 3.69. The number of halogens is 1. The second-order valence-corrected chi connectivity index (χ2v) is 5.52. The average molecular weight is 343 g/mol. The van der Waals surface area contributed by atoms with Crippen LogP contribution < -0.4 is 5.73 Å². The van der Waals surface area contributed by atoms with Gasteiger partial charge in [-0.25, -0.2) is 4.79 Å². The summed E-state index contributed by atoms with van der Waals surface area (Å²) in [7, 11) is 0. The number of hydrogen-bond acceptors (Lipinski definition) is 3. The second kappa shape index (κ2) is 6.37. The molecule has 24 heavy (non-hydrogen) atoms. The van der Waals surface area contributed by atoms with Crippen molar-refractivity contribution in [2.24, 2.45) is 5.73 Å². The molecule has 0 aliphatic heterocycles. The van der Waals surface area contributed by atoms with Gasteiger partial charge in [0.2, 0.25) is 5.91 Å². The lowest BCUT2D eigenvalue weighted by molar-refractivity contribution is 0.0517. The zero-order valence-corrected chi connectivity index (χ0v) is 13.7. The molecule has 0 aliphatic rings. The topological polar surface area (TPSA) is 74.3 Å². The summed E-state index contributed by atoms with van der Waals surface area (Å²) in [6.07, 6.45) is 0. The maximum atomic E-state index is 12.4. The van der Waals surface area contributed by atoms with Crippen LogP contribution in [0.3, 0.4) is 0 Å². The number of hydrogen-bond donors (Lipinski definition) is 1. The van der Waals surface area contributed by atoms with Gasteiger partial charge in [-0.3, -0.25) is 4.79 Å². The fourth-order valence-corrected chi connectivity index (χ4v) is 2.95. The van der Waals surface area contributed by atoms with E-state index in [2.05, 4.69) is 0 Å². The third kappa shape index (κ3) is 2.63. The minimum absolute atomic E-state index is 0.247. The lowest BCUT2D eigenvalue weighted by Crippen LogP contribution is -2.13. The van der Waals surface area contributed by atoms with E-state index in [0.29, 0.717) is 16.3 Å². The summed E-state index contributed by atoms with van der Waals surface area (Å²) in [6.45, 7) is 1.98. The number of para-hydroxylation sites is 1. The highest BCUT2D eigenvalue weighted by Gasteiger charge is 2.23. The van der Waals surface area contributed by atoms with E-state index < -0.39 is 11.9 Å². The number of carbonyl (C=O) groups is 2. The quantitative estimate of drug-likeness (QED) is 0.737. The lowest BCUT2D eigenvalue weighted by atomic mass is 10.2. The molecule has 3 rings (SSSR count). The number of carbonyl (C=O) groups excluding carboxylic acids is 2. The van der Waals surface area contributed by atoms with E-state index in [1.54, 1.807) is 35.8 Å². The Morgan fingerprint density at radius 2 is 1.79 bits per heavy atom. The molecule has 2 N–H and O–H groups in total. The predicted molar refractivity (Wildman–Crippen MR) is 92.8 cm³/mol. The summed E-state index contributed by atoms with van der Waals surface area (Å²) in [6, 6.07) is 14.1. The van der Waals surface area contributed by atoms with Crippen LogP contribution in [0.2, 0.25) is 5.02 Å². The molecule has 6 heteroatoms. The lowest BCUT2D eigenvalue weighted by Gasteiger charge is -2.11. The third-order valence-corrected chi connectivity index (χ3v) is 4.07. The molecule has 3 aromatic rings. The van der Waals surface area contributed by atoms with Crippen LogP contribution in [0.1, 0.15) is 27.8 Å². The largest absolute Gasteiger partial charge is 0.461 e. The van der Waals surface area contributed by atoms with Crippen molar-refractivity contribution in [3.05, 3.63) is 64.8 Å². The molecule has 0 aliphatic carbocycles. The van der Waals surface area contributed by atoms with Crippen LogP contribution in [0.15, 0.2) is 48.5 Å². The fourth-order valence-electron chi connectivity index (χ4n) is 2.62. The van der Waals surface area contributed by atoms with E-state index in [1.807, 2.05) is 24.3 Å². The van der Waals surface area contributed by atoms with Crippen molar-refractivity contribution in [3.63, 3.8) is 0 Å². The van der Waals surface area contributed by atoms with Crippen molar-refractivity contribution in [2.75, 3.05) is 6.61 Å². The van der Waals surface area contributed by atoms with Crippen molar-refractivity contribution in [1.29, 1.82) is 0 Å². The van der Waals surface area contributed by atoms with Gasteiger partial charge in [0.15, 0.2) is 5.69 Å². The number of fused-ring (bicyclic) bond motifs is 1. The summed E-state index contributed by atoms with van der Waals surface area (Å²) in [5, 5.41) is 1.09. The van der Waals surface area contributed by atoms with Crippen LogP contribution in [0.5, 0.6) is 0 Å². The number of amides is 1. The van der Waals surface area contributed by atoms with E-state index in [1.165, 1.54) is 0 Å². The number of esters is 1. The van der Waals surface area contributed by atoms with E-state index in [9.17, 15) is 9.59 Å². The summed E-state index contributed by atoms with van der Waals surface area (Å²) in [5.74, 6) is -1.01. The molecular formula is C18H15ClN2O3. The number of ether oxygens (including phenoxy) is 1. The molecule has 0 unspecified atom stereocenters. The van der Waals surface area contributed by atoms with Gasteiger partial charge in [0.05, 0.1) is 17.1 Å². The zero-order chi connectivity index (χ0) is 17.3. The first-order chi connectivity index (χ1) is 11.5. The van der Waals surface area contributed by atoms with Gasteiger partial charge in [-0.05, 0) is 37.3 Å². The van der Waals surface area contributed by atoms with Crippen LogP contribution in [0, 0.1) is 0 Å². The molecule has 1 amide bonds. The van der Waals surface area contributed by atoms with Crippen molar-refractivity contribution in [3.8, 4) is 5.69 Å². The van der Waals surface area contributed by atoms with Gasteiger partial charge in [0.1, 0.15) is 0 Å². The van der Waals surface area contributed by atoms with Gasteiger partial charge in [0.25, 0.3) is 0 Å². The van der Waals surface area contributed by atoms with Gasteiger partial charge in [0, 0.05) is 16.6 Å². The Morgan fingerprint density at radius 3 is 2.42 bits per heavy atom. The monoisotopic (exact) mass is 342 g/mol. The fraction of sp³-hybridized carbons (Fsp3) is 0.111. The molecule has 2 aromatic carbocycles. The molecule has 1 aromatic heterocycles. The molecular weight excluding hydrogens is 328 g/mol. The van der Waals surface area contributed by atoms with Gasteiger partial charge >= 0.3 is 5.97 Å². The van der Waals surface area contributed by atoms with Crippen LogP contribution in [-0.4, -0.2) is 23.1 Å². The van der Waals surface area contributed by atoms with E-state index in [0.717, 1.165) is 10.9 Å². The number of aromatic nitrogens is 1. The molecule has 0 spiro atoms. The Kier molecular flexibility index (Phi) is 4.27. The van der Waals surface area contributed by atoms with Crippen LogP contribution >= 0.6 is 11.6 Å². The Morgan fingerprint density at radius 1 is 1.12 bits per heavy atom. The first-order valence-electron chi connectivity index (χ1n) is 7.41. The van der Waals surface area contributed by atoms with Crippen LogP contribution in [0.25, 0.3) is 16.6 Å². The Hall–Kier alpha value is -2.79. The maximum absolute atomic E-state index is 12.4. The molecule has 0 fully saturated rings. The number of rotatable bonds is 4. The smallest absolute Gasteiger partial charge is 0.356 e.